The largest absolute Gasteiger partial charge is 0.396 e. The van der Waals surface area contributed by atoms with Crippen LogP contribution in [0.2, 0.25) is 0 Å². The van der Waals surface area contributed by atoms with E-state index in [-0.39, 0.29) is 6.61 Å². The Kier molecular flexibility index (Phi) is 5.64. The highest BCUT2D eigenvalue weighted by Gasteiger charge is 2.34. The minimum atomic E-state index is 0.281. The van der Waals surface area contributed by atoms with Crippen LogP contribution in [0.25, 0.3) is 0 Å². The molecule has 2 atom stereocenters. The SMILES string of the molecule is CC(C)(C)C1CCC(=O)C(CCCCCO)C1. The molecule has 0 saturated heterocycles. The van der Waals surface area contributed by atoms with Crippen molar-refractivity contribution < 1.29 is 9.90 Å². The zero-order chi connectivity index (χ0) is 12.9. The first kappa shape index (κ1) is 14.7. The summed E-state index contributed by atoms with van der Waals surface area (Å²) < 4.78 is 0. The molecule has 2 nitrogen and oxygen atoms in total. The fourth-order valence-electron chi connectivity index (χ4n) is 2.86. The molecule has 0 aromatic rings. The van der Waals surface area contributed by atoms with Crippen LogP contribution < -0.4 is 0 Å². The Morgan fingerprint density at radius 2 is 1.94 bits per heavy atom. The van der Waals surface area contributed by atoms with Crippen molar-refractivity contribution in [3.05, 3.63) is 0 Å². The van der Waals surface area contributed by atoms with Gasteiger partial charge in [0.25, 0.3) is 0 Å². The maximum atomic E-state index is 11.9. The van der Waals surface area contributed by atoms with Crippen molar-refractivity contribution in [1.29, 1.82) is 0 Å². The van der Waals surface area contributed by atoms with E-state index in [9.17, 15) is 4.79 Å². The van der Waals surface area contributed by atoms with Crippen LogP contribution in [0.3, 0.4) is 0 Å². The topological polar surface area (TPSA) is 37.3 Å². The number of unbranched alkanes of at least 4 members (excludes halogenated alkanes) is 2. The zero-order valence-corrected chi connectivity index (χ0v) is 11.7. The third-order valence-corrected chi connectivity index (χ3v) is 4.20. The molecule has 0 aromatic carbocycles. The summed E-state index contributed by atoms with van der Waals surface area (Å²) in [5.41, 5.74) is 0.337. The number of hydrogen-bond acceptors (Lipinski definition) is 2. The average Bonchev–Trinajstić information content (AvgIpc) is 2.25. The first-order chi connectivity index (χ1) is 7.95. The number of carbonyl (C=O) groups is 1. The number of carbonyl (C=O) groups excluding carboxylic acids is 1. The second-order valence-corrected chi connectivity index (χ2v) is 6.57. The van der Waals surface area contributed by atoms with E-state index < -0.39 is 0 Å². The van der Waals surface area contributed by atoms with Gasteiger partial charge in [-0.05, 0) is 37.0 Å². The maximum Gasteiger partial charge on any atom is 0.135 e. The Morgan fingerprint density at radius 1 is 1.24 bits per heavy atom. The summed E-state index contributed by atoms with van der Waals surface area (Å²) >= 11 is 0. The van der Waals surface area contributed by atoms with E-state index in [0.717, 1.165) is 44.9 Å². The van der Waals surface area contributed by atoms with E-state index in [1.54, 1.807) is 0 Å². The lowest BCUT2D eigenvalue weighted by Gasteiger charge is -2.37. The predicted molar refractivity (Wildman–Crippen MR) is 70.8 cm³/mol. The van der Waals surface area contributed by atoms with Gasteiger partial charge in [-0.15, -0.1) is 0 Å². The summed E-state index contributed by atoms with van der Waals surface area (Å²) in [7, 11) is 0. The summed E-state index contributed by atoms with van der Waals surface area (Å²) in [6.45, 7) is 7.14. The van der Waals surface area contributed by atoms with Crippen molar-refractivity contribution in [2.75, 3.05) is 6.61 Å². The van der Waals surface area contributed by atoms with Crippen molar-refractivity contribution in [3.63, 3.8) is 0 Å². The predicted octanol–water partition coefficient (Wildman–Crippen LogP) is 3.57. The van der Waals surface area contributed by atoms with Gasteiger partial charge in [-0.3, -0.25) is 4.79 Å². The normalized spacial score (nSPS) is 26.2. The van der Waals surface area contributed by atoms with Gasteiger partial charge in [0.15, 0.2) is 0 Å². The second kappa shape index (κ2) is 6.53. The molecule has 1 saturated carbocycles. The van der Waals surface area contributed by atoms with Gasteiger partial charge < -0.3 is 5.11 Å². The third-order valence-electron chi connectivity index (χ3n) is 4.20. The molecule has 1 N–H and O–H groups in total. The second-order valence-electron chi connectivity index (χ2n) is 6.57. The Labute approximate surface area is 106 Å². The highest BCUT2D eigenvalue weighted by molar-refractivity contribution is 5.81. The van der Waals surface area contributed by atoms with Gasteiger partial charge >= 0.3 is 0 Å². The monoisotopic (exact) mass is 240 g/mol. The summed E-state index contributed by atoms with van der Waals surface area (Å²) in [5.74, 6) is 1.48. The Morgan fingerprint density at radius 3 is 2.53 bits per heavy atom. The van der Waals surface area contributed by atoms with Crippen LogP contribution in [0.1, 0.15) is 65.7 Å². The molecule has 0 radical (unpaired) electrons. The summed E-state index contributed by atoms with van der Waals surface area (Å²) in [4.78, 5) is 11.9. The summed E-state index contributed by atoms with van der Waals surface area (Å²) in [6.07, 6.45) is 7.01. The first-order valence-corrected chi connectivity index (χ1v) is 7.08. The van der Waals surface area contributed by atoms with E-state index in [1.807, 2.05) is 0 Å². The Bertz CT molecular complexity index is 240. The van der Waals surface area contributed by atoms with Crippen molar-refractivity contribution >= 4 is 5.78 Å². The number of Topliss-reactive ketones (excluding diaryl/α,β-unsaturated/α-hetero) is 1. The number of rotatable bonds is 5. The average molecular weight is 240 g/mol. The fourth-order valence-corrected chi connectivity index (χ4v) is 2.86. The number of hydrogen-bond donors (Lipinski definition) is 1. The van der Waals surface area contributed by atoms with E-state index in [2.05, 4.69) is 20.8 Å². The minimum Gasteiger partial charge on any atom is -0.396 e. The fraction of sp³-hybridized carbons (Fsp3) is 0.933. The van der Waals surface area contributed by atoms with Crippen LogP contribution in [-0.2, 0) is 4.79 Å². The summed E-state index contributed by atoms with van der Waals surface area (Å²) in [5, 5.41) is 8.74. The molecule has 0 spiro atoms. The molecule has 17 heavy (non-hydrogen) atoms. The van der Waals surface area contributed by atoms with Gasteiger partial charge in [0.2, 0.25) is 0 Å². The van der Waals surface area contributed by atoms with Gasteiger partial charge in [-0.25, -0.2) is 0 Å². The molecule has 0 amide bonds. The molecule has 0 heterocycles. The Hall–Kier alpha value is -0.370. The molecule has 1 aliphatic rings. The quantitative estimate of drug-likeness (QED) is 0.746. The van der Waals surface area contributed by atoms with Crippen LogP contribution in [0.15, 0.2) is 0 Å². The minimum absolute atomic E-state index is 0.281. The van der Waals surface area contributed by atoms with Gasteiger partial charge in [-0.2, -0.15) is 0 Å². The number of ketones is 1. The van der Waals surface area contributed by atoms with Gasteiger partial charge in [0.1, 0.15) is 5.78 Å². The molecule has 0 bridgehead atoms. The Balaban J connectivity index is 2.38. The highest BCUT2D eigenvalue weighted by Crippen LogP contribution is 2.40. The van der Waals surface area contributed by atoms with Gasteiger partial charge in [0.05, 0.1) is 0 Å². The molecule has 1 aliphatic carbocycles. The van der Waals surface area contributed by atoms with Crippen LogP contribution in [-0.4, -0.2) is 17.5 Å². The highest BCUT2D eigenvalue weighted by atomic mass is 16.2. The van der Waals surface area contributed by atoms with Crippen molar-refractivity contribution in [3.8, 4) is 0 Å². The molecule has 2 heteroatoms. The van der Waals surface area contributed by atoms with Crippen LogP contribution in [0.4, 0.5) is 0 Å². The van der Waals surface area contributed by atoms with Gasteiger partial charge in [0, 0.05) is 18.9 Å². The molecule has 1 rings (SSSR count). The maximum absolute atomic E-state index is 11.9. The number of aliphatic hydroxyl groups is 1. The molecule has 2 unspecified atom stereocenters. The smallest absolute Gasteiger partial charge is 0.135 e. The lowest BCUT2D eigenvalue weighted by Crippen LogP contribution is -2.32. The van der Waals surface area contributed by atoms with Crippen LogP contribution in [0.5, 0.6) is 0 Å². The van der Waals surface area contributed by atoms with E-state index >= 15 is 0 Å². The van der Waals surface area contributed by atoms with Crippen molar-refractivity contribution in [2.24, 2.45) is 17.3 Å². The first-order valence-electron chi connectivity index (χ1n) is 7.08. The molecular formula is C15H28O2. The van der Waals surface area contributed by atoms with Crippen LogP contribution in [0, 0.1) is 17.3 Å². The molecule has 1 fully saturated rings. The third kappa shape index (κ3) is 4.79. The summed E-state index contributed by atoms with van der Waals surface area (Å²) in [6, 6.07) is 0. The van der Waals surface area contributed by atoms with E-state index in [4.69, 9.17) is 5.11 Å². The lowest BCUT2D eigenvalue weighted by molar-refractivity contribution is -0.126. The van der Waals surface area contributed by atoms with Crippen LogP contribution >= 0.6 is 0 Å². The zero-order valence-electron chi connectivity index (χ0n) is 11.7. The molecular weight excluding hydrogens is 212 g/mol. The standard InChI is InChI=1S/C15H28O2/c1-15(2,3)13-8-9-14(17)12(11-13)7-5-4-6-10-16/h12-13,16H,4-11H2,1-3H3. The van der Waals surface area contributed by atoms with E-state index in [1.165, 1.54) is 0 Å². The molecule has 0 aromatic heterocycles. The van der Waals surface area contributed by atoms with Crippen molar-refractivity contribution in [2.45, 2.75) is 65.7 Å². The number of aliphatic hydroxyl groups excluding tert-OH is 1. The molecule has 0 aliphatic heterocycles. The lowest BCUT2D eigenvalue weighted by atomic mass is 9.68. The van der Waals surface area contributed by atoms with Crippen molar-refractivity contribution in [1.82, 2.24) is 0 Å². The van der Waals surface area contributed by atoms with E-state index in [0.29, 0.717) is 23.0 Å². The van der Waals surface area contributed by atoms with Gasteiger partial charge in [-0.1, -0.05) is 33.6 Å². The molecule has 100 valence electrons.